The zero-order valence-electron chi connectivity index (χ0n) is 9.81. The highest BCUT2D eigenvalue weighted by Crippen LogP contribution is 2.33. The predicted molar refractivity (Wildman–Crippen MR) is 59.6 cm³/mol. The molecule has 0 bridgehead atoms. The number of hydrogen-bond acceptors (Lipinski definition) is 4. The van der Waals surface area contributed by atoms with Gasteiger partial charge in [-0.15, -0.1) is 0 Å². The van der Waals surface area contributed by atoms with Crippen LogP contribution in [0.5, 0.6) is 0 Å². The molecule has 0 aromatic heterocycles. The van der Waals surface area contributed by atoms with Crippen LogP contribution in [-0.2, 0) is 14.4 Å². The fourth-order valence-electron chi connectivity index (χ4n) is 2.01. The predicted octanol–water partition coefficient (Wildman–Crippen LogP) is -1.01. The maximum Gasteiger partial charge on any atom is 0.249 e. The van der Waals surface area contributed by atoms with Crippen LogP contribution in [0.4, 0.5) is 0 Å². The van der Waals surface area contributed by atoms with Crippen LogP contribution in [0, 0.1) is 5.92 Å². The summed E-state index contributed by atoms with van der Waals surface area (Å²) in [4.78, 5) is 35.9. The van der Waals surface area contributed by atoms with E-state index >= 15 is 0 Å². The van der Waals surface area contributed by atoms with Crippen LogP contribution < -0.4 is 11.1 Å². The first-order valence-electron chi connectivity index (χ1n) is 5.88. The van der Waals surface area contributed by atoms with Gasteiger partial charge in [0.25, 0.3) is 0 Å². The summed E-state index contributed by atoms with van der Waals surface area (Å²) in [6.45, 7) is 1.52. The molecule has 0 aromatic carbocycles. The summed E-state index contributed by atoms with van der Waals surface area (Å²) in [7, 11) is 0. The van der Waals surface area contributed by atoms with Gasteiger partial charge < -0.3 is 10.6 Å². The second kappa shape index (κ2) is 4.44. The summed E-state index contributed by atoms with van der Waals surface area (Å²) >= 11 is 0. The first-order chi connectivity index (χ1) is 7.99. The fourth-order valence-corrected chi connectivity index (χ4v) is 2.01. The first-order valence-corrected chi connectivity index (χ1v) is 5.88. The summed E-state index contributed by atoms with van der Waals surface area (Å²) in [5, 5.41) is 2.19. The third-order valence-electron chi connectivity index (χ3n) is 3.31. The van der Waals surface area contributed by atoms with Crippen LogP contribution >= 0.6 is 0 Å². The molecule has 6 heteroatoms. The van der Waals surface area contributed by atoms with Gasteiger partial charge in [0.05, 0.1) is 6.04 Å². The van der Waals surface area contributed by atoms with E-state index in [0.717, 1.165) is 12.8 Å². The average molecular weight is 239 g/mol. The van der Waals surface area contributed by atoms with E-state index in [1.165, 1.54) is 4.90 Å². The zero-order valence-corrected chi connectivity index (χ0v) is 9.81. The smallest absolute Gasteiger partial charge is 0.249 e. The molecule has 0 spiro atoms. The van der Waals surface area contributed by atoms with E-state index in [9.17, 15) is 14.4 Å². The Balaban J connectivity index is 2.00. The molecule has 1 saturated heterocycles. The molecule has 3 amide bonds. The number of hydrogen-bond donors (Lipinski definition) is 2. The average Bonchev–Trinajstić information content (AvgIpc) is 3.06. The standard InChI is InChI=1S/C11H17N3O3/c1-6-10(16)13-9(15)5-14(6)11(17)8(12)4-7-2-3-7/h6-8H,2-5,12H2,1H3,(H,13,15,16). The molecular formula is C11H17N3O3. The molecule has 6 nitrogen and oxygen atoms in total. The van der Waals surface area contributed by atoms with Gasteiger partial charge in [0, 0.05) is 0 Å². The van der Waals surface area contributed by atoms with E-state index in [-0.39, 0.29) is 12.5 Å². The monoisotopic (exact) mass is 239 g/mol. The Morgan fingerprint density at radius 2 is 2.18 bits per heavy atom. The third-order valence-corrected chi connectivity index (χ3v) is 3.31. The molecule has 0 aromatic rings. The van der Waals surface area contributed by atoms with E-state index in [4.69, 9.17) is 5.73 Å². The van der Waals surface area contributed by atoms with Crippen molar-refractivity contribution in [2.24, 2.45) is 11.7 Å². The molecule has 2 aliphatic rings. The Kier molecular flexibility index (Phi) is 3.15. The van der Waals surface area contributed by atoms with Crippen LogP contribution in [0.15, 0.2) is 0 Å². The van der Waals surface area contributed by atoms with Gasteiger partial charge >= 0.3 is 0 Å². The highest BCUT2D eigenvalue weighted by molar-refractivity contribution is 6.04. The number of imide groups is 1. The van der Waals surface area contributed by atoms with Crippen molar-refractivity contribution in [2.45, 2.75) is 38.3 Å². The topological polar surface area (TPSA) is 92.5 Å². The van der Waals surface area contributed by atoms with Crippen molar-refractivity contribution < 1.29 is 14.4 Å². The van der Waals surface area contributed by atoms with E-state index in [2.05, 4.69) is 5.32 Å². The van der Waals surface area contributed by atoms with Crippen molar-refractivity contribution in [3.8, 4) is 0 Å². The molecule has 1 aliphatic heterocycles. The molecule has 0 radical (unpaired) electrons. The number of amides is 3. The Morgan fingerprint density at radius 1 is 1.53 bits per heavy atom. The third kappa shape index (κ3) is 2.63. The summed E-state index contributed by atoms with van der Waals surface area (Å²) < 4.78 is 0. The Labute approximate surface area is 99.5 Å². The van der Waals surface area contributed by atoms with Crippen molar-refractivity contribution in [1.82, 2.24) is 10.2 Å². The molecule has 2 rings (SSSR count). The maximum atomic E-state index is 12.0. The number of piperazine rings is 1. The molecule has 2 unspecified atom stereocenters. The molecule has 2 fully saturated rings. The molecule has 1 heterocycles. The lowest BCUT2D eigenvalue weighted by atomic mass is 10.1. The van der Waals surface area contributed by atoms with Crippen LogP contribution in [0.2, 0.25) is 0 Å². The summed E-state index contributed by atoms with van der Waals surface area (Å²) in [6.07, 6.45) is 2.89. The Hall–Kier alpha value is -1.43. The first kappa shape index (κ1) is 12.0. The van der Waals surface area contributed by atoms with Gasteiger partial charge in [0.2, 0.25) is 17.7 Å². The van der Waals surface area contributed by atoms with Crippen LogP contribution in [0.3, 0.4) is 0 Å². The Morgan fingerprint density at radius 3 is 2.76 bits per heavy atom. The summed E-state index contributed by atoms with van der Waals surface area (Å²) in [5.74, 6) is -0.639. The van der Waals surface area contributed by atoms with Crippen molar-refractivity contribution in [3.05, 3.63) is 0 Å². The van der Waals surface area contributed by atoms with Crippen molar-refractivity contribution >= 4 is 17.7 Å². The number of carbonyl (C=O) groups is 3. The van der Waals surface area contributed by atoms with Crippen molar-refractivity contribution in [1.29, 1.82) is 0 Å². The highest BCUT2D eigenvalue weighted by Gasteiger charge is 2.37. The van der Waals surface area contributed by atoms with E-state index < -0.39 is 23.9 Å². The second-order valence-corrected chi connectivity index (χ2v) is 4.84. The Bertz CT molecular complexity index is 365. The molecule has 3 N–H and O–H groups in total. The maximum absolute atomic E-state index is 12.0. The van der Waals surface area contributed by atoms with E-state index in [1.54, 1.807) is 6.92 Å². The molecular weight excluding hydrogens is 222 g/mol. The van der Waals surface area contributed by atoms with Crippen LogP contribution in [-0.4, -0.2) is 41.2 Å². The van der Waals surface area contributed by atoms with Gasteiger partial charge in [-0.2, -0.15) is 0 Å². The lowest BCUT2D eigenvalue weighted by Crippen LogP contribution is -2.61. The zero-order chi connectivity index (χ0) is 12.6. The fraction of sp³-hybridized carbons (Fsp3) is 0.727. The SMILES string of the molecule is CC1C(=O)NC(=O)CN1C(=O)C(N)CC1CC1. The van der Waals surface area contributed by atoms with Gasteiger partial charge in [-0.25, -0.2) is 0 Å². The molecule has 1 aliphatic carbocycles. The van der Waals surface area contributed by atoms with Gasteiger partial charge in [0.15, 0.2) is 0 Å². The minimum absolute atomic E-state index is 0.0793. The van der Waals surface area contributed by atoms with E-state index in [0.29, 0.717) is 12.3 Å². The number of nitrogens with zero attached hydrogens (tertiary/aromatic N) is 1. The van der Waals surface area contributed by atoms with Crippen molar-refractivity contribution in [3.63, 3.8) is 0 Å². The van der Waals surface area contributed by atoms with Gasteiger partial charge in [0.1, 0.15) is 12.6 Å². The highest BCUT2D eigenvalue weighted by atomic mass is 16.2. The second-order valence-electron chi connectivity index (χ2n) is 4.84. The minimum atomic E-state index is -0.620. The van der Waals surface area contributed by atoms with E-state index in [1.807, 2.05) is 0 Å². The largest absolute Gasteiger partial charge is 0.320 e. The molecule has 17 heavy (non-hydrogen) atoms. The van der Waals surface area contributed by atoms with Crippen LogP contribution in [0.1, 0.15) is 26.2 Å². The van der Waals surface area contributed by atoms with Gasteiger partial charge in [-0.3, -0.25) is 19.7 Å². The molecule has 2 atom stereocenters. The number of nitrogens with one attached hydrogen (secondary N) is 1. The molecule has 94 valence electrons. The van der Waals surface area contributed by atoms with Gasteiger partial charge in [-0.05, 0) is 19.3 Å². The summed E-state index contributed by atoms with van der Waals surface area (Å²) in [5.41, 5.74) is 5.81. The quantitative estimate of drug-likeness (QED) is 0.617. The number of carbonyl (C=O) groups excluding carboxylic acids is 3. The van der Waals surface area contributed by atoms with Crippen molar-refractivity contribution in [2.75, 3.05) is 6.54 Å². The summed E-state index contributed by atoms with van der Waals surface area (Å²) in [6, 6.07) is -1.21. The number of rotatable bonds is 3. The minimum Gasteiger partial charge on any atom is -0.320 e. The normalized spacial score (nSPS) is 26.7. The van der Waals surface area contributed by atoms with Crippen LogP contribution in [0.25, 0.3) is 0 Å². The van der Waals surface area contributed by atoms with Gasteiger partial charge in [-0.1, -0.05) is 12.8 Å². The lowest BCUT2D eigenvalue weighted by Gasteiger charge is -2.33. The lowest BCUT2D eigenvalue weighted by molar-refractivity contribution is -0.150. The molecule has 1 saturated carbocycles. The number of nitrogens with two attached hydrogens (primary N) is 1.